The number of carbonyl (C=O) groups is 2. The van der Waals surface area contributed by atoms with Crippen LogP contribution in [-0.2, 0) is 0 Å². The SMILES string of the molecule is COc1ccc(NC(=O)c2cccc(C(=O)Nc3nccs3)n2)cc1. The Morgan fingerprint density at radius 1 is 1.00 bits per heavy atom. The Balaban J connectivity index is 1.71. The lowest BCUT2D eigenvalue weighted by atomic mass is 10.2. The largest absolute Gasteiger partial charge is 0.497 e. The van der Waals surface area contributed by atoms with E-state index >= 15 is 0 Å². The van der Waals surface area contributed by atoms with Crippen LogP contribution >= 0.6 is 11.3 Å². The number of pyridine rings is 1. The van der Waals surface area contributed by atoms with Crippen molar-refractivity contribution >= 4 is 34.0 Å². The van der Waals surface area contributed by atoms with Crippen LogP contribution in [0, 0.1) is 0 Å². The van der Waals surface area contributed by atoms with Crippen LogP contribution in [-0.4, -0.2) is 28.9 Å². The van der Waals surface area contributed by atoms with Crippen molar-refractivity contribution in [1.82, 2.24) is 9.97 Å². The first-order valence-electron chi connectivity index (χ1n) is 7.29. The molecule has 0 aliphatic heterocycles. The zero-order valence-corrected chi connectivity index (χ0v) is 14.0. The van der Waals surface area contributed by atoms with Gasteiger partial charge in [-0.25, -0.2) is 9.97 Å². The number of nitrogens with zero attached hydrogens (tertiary/aromatic N) is 2. The Morgan fingerprint density at radius 3 is 2.28 bits per heavy atom. The molecule has 2 aromatic heterocycles. The highest BCUT2D eigenvalue weighted by molar-refractivity contribution is 7.13. The lowest BCUT2D eigenvalue weighted by Crippen LogP contribution is -2.18. The molecule has 0 radical (unpaired) electrons. The molecular weight excluding hydrogens is 340 g/mol. The minimum absolute atomic E-state index is 0.137. The van der Waals surface area contributed by atoms with Crippen molar-refractivity contribution in [2.75, 3.05) is 17.7 Å². The van der Waals surface area contributed by atoms with E-state index in [4.69, 9.17) is 4.74 Å². The van der Waals surface area contributed by atoms with Crippen molar-refractivity contribution < 1.29 is 14.3 Å². The van der Waals surface area contributed by atoms with Crippen molar-refractivity contribution in [1.29, 1.82) is 0 Å². The predicted octanol–water partition coefficient (Wildman–Crippen LogP) is 3.05. The average molecular weight is 354 g/mol. The predicted molar refractivity (Wildman–Crippen MR) is 95.3 cm³/mol. The number of ether oxygens (including phenoxy) is 1. The summed E-state index contributed by atoms with van der Waals surface area (Å²) in [5.74, 6) is -0.139. The number of hydrogen-bond acceptors (Lipinski definition) is 6. The minimum Gasteiger partial charge on any atom is -0.497 e. The topological polar surface area (TPSA) is 93.2 Å². The smallest absolute Gasteiger partial charge is 0.276 e. The molecule has 25 heavy (non-hydrogen) atoms. The van der Waals surface area contributed by atoms with Gasteiger partial charge in [-0.2, -0.15) is 0 Å². The van der Waals surface area contributed by atoms with Gasteiger partial charge in [0.15, 0.2) is 5.13 Å². The fourth-order valence-corrected chi connectivity index (χ4v) is 2.53. The number of amides is 2. The van der Waals surface area contributed by atoms with E-state index < -0.39 is 11.8 Å². The first-order valence-corrected chi connectivity index (χ1v) is 8.17. The number of nitrogens with one attached hydrogen (secondary N) is 2. The van der Waals surface area contributed by atoms with Gasteiger partial charge in [-0.15, -0.1) is 11.3 Å². The molecule has 0 aliphatic carbocycles. The molecule has 2 N–H and O–H groups in total. The number of hydrogen-bond donors (Lipinski definition) is 2. The molecule has 0 bridgehead atoms. The van der Waals surface area contributed by atoms with Crippen molar-refractivity contribution in [2.45, 2.75) is 0 Å². The molecule has 0 aliphatic rings. The molecule has 0 atom stereocenters. The molecule has 3 aromatic rings. The van der Waals surface area contributed by atoms with Crippen LogP contribution < -0.4 is 15.4 Å². The summed E-state index contributed by atoms with van der Waals surface area (Å²) in [6.45, 7) is 0. The molecular formula is C17H14N4O3S. The fourth-order valence-electron chi connectivity index (χ4n) is 2.00. The van der Waals surface area contributed by atoms with Gasteiger partial charge in [0.05, 0.1) is 7.11 Å². The summed E-state index contributed by atoms with van der Waals surface area (Å²) in [4.78, 5) is 32.6. The summed E-state index contributed by atoms with van der Waals surface area (Å²) in [7, 11) is 1.57. The number of carbonyl (C=O) groups excluding carboxylic acids is 2. The fraction of sp³-hybridized carbons (Fsp3) is 0.0588. The first kappa shape index (κ1) is 16.6. The van der Waals surface area contributed by atoms with Gasteiger partial charge < -0.3 is 10.1 Å². The Hall–Kier alpha value is -3.26. The number of anilines is 2. The highest BCUT2D eigenvalue weighted by atomic mass is 32.1. The monoisotopic (exact) mass is 354 g/mol. The molecule has 0 spiro atoms. The van der Waals surface area contributed by atoms with Crippen LogP contribution in [0.15, 0.2) is 54.0 Å². The molecule has 7 nitrogen and oxygen atoms in total. The molecule has 3 rings (SSSR count). The molecule has 0 saturated carbocycles. The molecule has 126 valence electrons. The number of rotatable bonds is 5. The summed E-state index contributed by atoms with van der Waals surface area (Å²) < 4.78 is 5.07. The quantitative estimate of drug-likeness (QED) is 0.734. The first-order chi connectivity index (χ1) is 12.2. The standard InChI is InChI=1S/C17H14N4O3S/c1-24-12-7-5-11(6-8-12)19-15(22)13-3-2-4-14(20-13)16(23)21-17-18-9-10-25-17/h2-10H,1H3,(H,19,22)(H,18,21,23). The van der Waals surface area contributed by atoms with E-state index in [-0.39, 0.29) is 11.4 Å². The van der Waals surface area contributed by atoms with Crippen molar-refractivity contribution in [3.8, 4) is 5.75 Å². The van der Waals surface area contributed by atoms with E-state index in [1.54, 1.807) is 55.1 Å². The molecule has 1 aromatic carbocycles. The van der Waals surface area contributed by atoms with Gasteiger partial charge in [-0.05, 0) is 36.4 Å². The zero-order chi connectivity index (χ0) is 17.6. The Kier molecular flexibility index (Phi) is 5.00. The summed E-state index contributed by atoms with van der Waals surface area (Å²) in [5, 5.41) is 7.57. The lowest BCUT2D eigenvalue weighted by Gasteiger charge is -2.07. The maximum Gasteiger partial charge on any atom is 0.276 e. The molecule has 8 heteroatoms. The molecule has 2 heterocycles. The van der Waals surface area contributed by atoms with E-state index in [1.807, 2.05) is 0 Å². The van der Waals surface area contributed by atoms with Gasteiger partial charge in [-0.3, -0.25) is 14.9 Å². The van der Waals surface area contributed by atoms with Gasteiger partial charge in [0.2, 0.25) is 0 Å². The van der Waals surface area contributed by atoms with Gasteiger partial charge in [0.1, 0.15) is 17.1 Å². The summed E-state index contributed by atoms with van der Waals surface area (Å²) in [5.41, 5.74) is 0.880. The molecule has 0 fully saturated rings. The maximum atomic E-state index is 12.3. The van der Waals surface area contributed by atoms with Crippen LogP contribution in [0.3, 0.4) is 0 Å². The van der Waals surface area contributed by atoms with E-state index in [9.17, 15) is 9.59 Å². The van der Waals surface area contributed by atoms with Crippen molar-refractivity contribution in [2.24, 2.45) is 0 Å². The molecule has 0 unspecified atom stereocenters. The molecule has 0 saturated heterocycles. The highest BCUT2D eigenvalue weighted by Gasteiger charge is 2.13. The van der Waals surface area contributed by atoms with Gasteiger partial charge in [-0.1, -0.05) is 6.07 Å². The highest BCUT2D eigenvalue weighted by Crippen LogP contribution is 2.16. The average Bonchev–Trinajstić information content (AvgIpc) is 3.15. The van der Waals surface area contributed by atoms with E-state index in [0.29, 0.717) is 16.6 Å². The second-order valence-electron chi connectivity index (χ2n) is 4.88. The van der Waals surface area contributed by atoms with Gasteiger partial charge in [0.25, 0.3) is 11.8 Å². The third-order valence-electron chi connectivity index (χ3n) is 3.22. The number of methoxy groups -OCH3 is 1. The number of aromatic nitrogens is 2. The van der Waals surface area contributed by atoms with E-state index in [1.165, 1.54) is 17.4 Å². The van der Waals surface area contributed by atoms with Crippen LogP contribution in [0.5, 0.6) is 5.75 Å². The maximum absolute atomic E-state index is 12.3. The zero-order valence-electron chi connectivity index (χ0n) is 13.2. The lowest BCUT2D eigenvalue weighted by molar-refractivity contribution is 0.101. The van der Waals surface area contributed by atoms with Crippen LogP contribution in [0.25, 0.3) is 0 Å². The van der Waals surface area contributed by atoms with E-state index in [0.717, 1.165) is 0 Å². The summed E-state index contributed by atoms with van der Waals surface area (Å²) >= 11 is 1.30. The Morgan fingerprint density at radius 2 is 1.68 bits per heavy atom. The second kappa shape index (κ2) is 7.54. The normalized spacial score (nSPS) is 10.1. The van der Waals surface area contributed by atoms with Gasteiger partial charge >= 0.3 is 0 Å². The number of benzene rings is 1. The van der Waals surface area contributed by atoms with E-state index in [2.05, 4.69) is 20.6 Å². The number of thiazole rings is 1. The van der Waals surface area contributed by atoms with Crippen molar-refractivity contribution in [3.05, 3.63) is 65.4 Å². The molecule has 2 amide bonds. The third kappa shape index (κ3) is 4.18. The summed E-state index contributed by atoms with van der Waals surface area (Å²) in [6, 6.07) is 11.6. The minimum atomic E-state index is -0.422. The second-order valence-corrected chi connectivity index (χ2v) is 5.78. The Labute approximate surface area is 147 Å². The Bertz CT molecular complexity index is 879. The van der Waals surface area contributed by atoms with Crippen LogP contribution in [0.1, 0.15) is 21.0 Å². The van der Waals surface area contributed by atoms with Crippen LogP contribution in [0.4, 0.5) is 10.8 Å². The van der Waals surface area contributed by atoms with Crippen LogP contribution in [0.2, 0.25) is 0 Å². The van der Waals surface area contributed by atoms with Gasteiger partial charge in [0, 0.05) is 17.3 Å². The third-order valence-corrected chi connectivity index (χ3v) is 3.90. The summed E-state index contributed by atoms with van der Waals surface area (Å²) in [6.07, 6.45) is 1.59. The van der Waals surface area contributed by atoms with Crippen molar-refractivity contribution in [3.63, 3.8) is 0 Å².